The molecule has 0 atom stereocenters. The minimum atomic E-state index is -0.608. The predicted molar refractivity (Wildman–Crippen MR) is 75.1 cm³/mol. The molecule has 0 saturated heterocycles. The maximum absolute atomic E-state index is 10.6. The van der Waals surface area contributed by atoms with Crippen molar-refractivity contribution in [2.24, 2.45) is 0 Å². The molecule has 2 rings (SSSR count). The standard InChI is InChI=1S/C12H10N4O5/c13-9-5-7(1-3-11(9)15(17)18)21-8-2-4-12(16(19)20)10(14)6-8/h1-6H,13-14H2. The molecule has 0 radical (unpaired) electrons. The Morgan fingerprint density at radius 1 is 0.810 bits per heavy atom. The second-order valence-electron chi connectivity index (χ2n) is 4.06. The van der Waals surface area contributed by atoms with Crippen LogP contribution in [-0.2, 0) is 0 Å². The van der Waals surface area contributed by atoms with Gasteiger partial charge in [-0.3, -0.25) is 20.2 Å². The lowest BCUT2D eigenvalue weighted by Crippen LogP contribution is -1.97. The third kappa shape index (κ3) is 2.97. The van der Waals surface area contributed by atoms with Gasteiger partial charge in [-0.1, -0.05) is 0 Å². The van der Waals surface area contributed by atoms with E-state index in [-0.39, 0.29) is 34.2 Å². The van der Waals surface area contributed by atoms with Crippen molar-refractivity contribution in [3.63, 3.8) is 0 Å². The lowest BCUT2D eigenvalue weighted by molar-refractivity contribution is -0.384. The minimum Gasteiger partial charge on any atom is -0.457 e. The molecule has 2 aromatic rings. The second-order valence-corrected chi connectivity index (χ2v) is 4.06. The average Bonchev–Trinajstić information content (AvgIpc) is 2.37. The van der Waals surface area contributed by atoms with Crippen LogP contribution >= 0.6 is 0 Å². The van der Waals surface area contributed by atoms with Gasteiger partial charge in [0.1, 0.15) is 22.9 Å². The first-order valence-corrected chi connectivity index (χ1v) is 5.64. The Hall–Kier alpha value is -3.36. The Bertz CT molecular complexity index is 670. The maximum atomic E-state index is 10.6. The molecular formula is C12H10N4O5. The Morgan fingerprint density at radius 2 is 1.19 bits per heavy atom. The monoisotopic (exact) mass is 290 g/mol. The Morgan fingerprint density at radius 3 is 1.48 bits per heavy atom. The number of nitro groups is 2. The Kier molecular flexibility index (Phi) is 3.57. The van der Waals surface area contributed by atoms with Crippen molar-refractivity contribution in [2.45, 2.75) is 0 Å². The summed E-state index contributed by atoms with van der Waals surface area (Å²) >= 11 is 0. The van der Waals surface area contributed by atoms with E-state index >= 15 is 0 Å². The number of nitrogen functional groups attached to an aromatic ring is 2. The first-order valence-electron chi connectivity index (χ1n) is 5.64. The zero-order valence-corrected chi connectivity index (χ0v) is 10.6. The molecule has 9 nitrogen and oxygen atoms in total. The predicted octanol–water partition coefficient (Wildman–Crippen LogP) is 2.46. The van der Waals surface area contributed by atoms with E-state index in [1.54, 1.807) is 0 Å². The fraction of sp³-hybridized carbons (Fsp3) is 0. The number of benzene rings is 2. The van der Waals surface area contributed by atoms with Crippen LogP contribution in [-0.4, -0.2) is 9.85 Å². The van der Waals surface area contributed by atoms with Crippen molar-refractivity contribution in [2.75, 3.05) is 11.5 Å². The topological polar surface area (TPSA) is 148 Å². The highest BCUT2D eigenvalue weighted by Gasteiger charge is 2.14. The summed E-state index contributed by atoms with van der Waals surface area (Å²) in [5.74, 6) is 0.512. The van der Waals surface area contributed by atoms with E-state index < -0.39 is 9.85 Å². The van der Waals surface area contributed by atoms with Crippen LogP contribution in [0, 0.1) is 20.2 Å². The normalized spacial score (nSPS) is 10.1. The Balaban J connectivity index is 2.26. The number of ether oxygens (including phenoxy) is 1. The quantitative estimate of drug-likeness (QED) is 0.499. The minimum absolute atomic E-state index is 0.0487. The van der Waals surface area contributed by atoms with E-state index in [2.05, 4.69) is 0 Å². The number of hydrogen-bond donors (Lipinski definition) is 2. The lowest BCUT2D eigenvalue weighted by Gasteiger charge is -2.07. The van der Waals surface area contributed by atoms with Gasteiger partial charge in [-0.2, -0.15) is 0 Å². The SMILES string of the molecule is Nc1cc(Oc2ccc([N+](=O)[O-])c(N)c2)ccc1[N+](=O)[O-]. The van der Waals surface area contributed by atoms with Crippen LogP contribution in [0.15, 0.2) is 36.4 Å². The van der Waals surface area contributed by atoms with Gasteiger partial charge in [0.15, 0.2) is 0 Å². The number of hydrogen-bond acceptors (Lipinski definition) is 7. The molecule has 0 amide bonds. The molecule has 21 heavy (non-hydrogen) atoms. The molecule has 0 aromatic heterocycles. The first kappa shape index (κ1) is 14.1. The van der Waals surface area contributed by atoms with E-state index in [1.807, 2.05) is 0 Å². The molecule has 0 saturated carbocycles. The van der Waals surface area contributed by atoms with Gasteiger partial charge < -0.3 is 16.2 Å². The van der Waals surface area contributed by atoms with Crippen molar-refractivity contribution < 1.29 is 14.6 Å². The van der Waals surface area contributed by atoms with Gasteiger partial charge in [-0.05, 0) is 12.1 Å². The van der Waals surface area contributed by atoms with Crippen LogP contribution < -0.4 is 16.2 Å². The summed E-state index contributed by atoms with van der Waals surface area (Å²) in [4.78, 5) is 20.1. The second kappa shape index (κ2) is 5.33. The largest absolute Gasteiger partial charge is 0.457 e. The van der Waals surface area contributed by atoms with Crippen molar-refractivity contribution in [1.29, 1.82) is 0 Å². The van der Waals surface area contributed by atoms with E-state index in [0.717, 1.165) is 0 Å². The third-order valence-electron chi connectivity index (χ3n) is 2.63. The van der Waals surface area contributed by atoms with E-state index in [1.165, 1.54) is 36.4 Å². The summed E-state index contributed by atoms with van der Waals surface area (Å²) < 4.78 is 5.40. The van der Waals surface area contributed by atoms with Crippen molar-refractivity contribution in [3.8, 4) is 11.5 Å². The van der Waals surface area contributed by atoms with E-state index in [0.29, 0.717) is 0 Å². The van der Waals surface area contributed by atoms with Crippen molar-refractivity contribution in [1.82, 2.24) is 0 Å². The first-order chi connectivity index (χ1) is 9.88. The lowest BCUT2D eigenvalue weighted by atomic mass is 10.2. The van der Waals surface area contributed by atoms with Crippen LogP contribution in [0.3, 0.4) is 0 Å². The Labute approximate surface area is 118 Å². The molecule has 0 aliphatic rings. The molecule has 9 heteroatoms. The van der Waals surface area contributed by atoms with Gasteiger partial charge in [0.05, 0.1) is 9.85 Å². The van der Waals surface area contributed by atoms with Gasteiger partial charge in [-0.15, -0.1) is 0 Å². The summed E-state index contributed by atoms with van der Waals surface area (Å²) in [5.41, 5.74) is 10.5. The maximum Gasteiger partial charge on any atom is 0.292 e. The van der Waals surface area contributed by atoms with Gasteiger partial charge in [0.25, 0.3) is 11.4 Å². The van der Waals surface area contributed by atoms with E-state index in [9.17, 15) is 20.2 Å². The number of nitrogens with zero attached hydrogens (tertiary/aromatic N) is 2. The molecule has 4 N–H and O–H groups in total. The number of nitrogens with two attached hydrogens (primary N) is 2. The molecule has 0 spiro atoms. The summed E-state index contributed by atoms with van der Waals surface area (Å²) in [7, 11) is 0. The molecular weight excluding hydrogens is 280 g/mol. The van der Waals surface area contributed by atoms with Crippen LogP contribution in [0.4, 0.5) is 22.7 Å². The summed E-state index contributed by atoms with van der Waals surface area (Å²) in [6, 6.07) is 7.72. The van der Waals surface area contributed by atoms with E-state index in [4.69, 9.17) is 16.2 Å². The smallest absolute Gasteiger partial charge is 0.292 e. The van der Waals surface area contributed by atoms with Crippen molar-refractivity contribution >= 4 is 22.7 Å². The summed E-state index contributed by atoms with van der Waals surface area (Å²) in [5, 5.41) is 21.3. The molecule has 2 aromatic carbocycles. The van der Waals surface area contributed by atoms with Crippen LogP contribution in [0.2, 0.25) is 0 Å². The van der Waals surface area contributed by atoms with Crippen molar-refractivity contribution in [3.05, 3.63) is 56.6 Å². The molecule has 0 unspecified atom stereocenters. The number of anilines is 2. The highest BCUT2D eigenvalue weighted by molar-refractivity contribution is 5.63. The molecule has 0 fully saturated rings. The molecule has 0 aliphatic carbocycles. The van der Waals surface area contributed by atoms with Gasteiger partial charge in [0.2, 0.25) is 0 Å². The van der Waals surface area contributed by atoms with Crippen LogP contribution in [0.25, 0.3) is 0 Å². The molecule has 0 heterocycles. The number of rotatable bonds is 4. The van der Waals surface area contributed by atoms with Gasteiger partial charge >= 0.3 is 0 Å². The zero-order chi connectivity index (χ0) is 15.6. The fourth-order valence-corrected chi connectivity index (χ4v) is 1.66. The van der Waals surface area contributed by atoms with Crippen LogP contribution in [0.1, 0.15) is 0 Å². The summed E-state index contributed by atoms with van der Waals surface area (Å²) in [6.07, 6.45) is 0. The van der Waals surface area contributed by atoms with Gasteiger partial charge in [-0.25, -0.2) is 0 Å². The molecule has 0 bridgehead atoms. The van der Waals surface area contributed by atoms with Gasteiger partial charge in [0, 0.05) is 24.3 Å². The fourth-order valence-electron chi connectivity index (χ4n) is 1.66. The summed E-state index contributed by atoms with van der Waals surface area (Å²) in [6.45, 7) is 0. The van der Waals surface area contributed by atoms with Crippen LogP contribution in [0.5, 0.6) is 11.5 Å². The highest BCUT2D eigenvalue weighted by Crippen LogP contribution is 2.32. The molecule has 108 valence electrons. The highest BCUT2D eigenvalue weighted by atomic mass is 16.6. The number of nitro benzene ring substituents is 2. The average molecular weight is 290 g/mol. The zero-order valence-electron chi connectivity index (χ0n) is 10.6. The molecule has 0 aliphatic heterocycles. The third-order valence-corrected chi connectivity index (χ3v) is 2.63.